The largest absolute Gasteiger partial charge is 0.479 e. The lowest BCUT2D eigenvalue weighted by Gasteiger charge is -2.17. The number of carboxylic acids is 1. The standard InChI is InChI=1S/C15H13Cl2NO2/c1-9-2-4-13(5-3-9)18-14(15(19)20)10-6-11(16)8-12(17)7-10/h2-8,14,18H,1H3,(H,19,20). The Morgan fingerprint density at radius 3 is 2.15 bits per heavy atom. The molecule has 2 aromatic rings. The summed E-state index contributed by atoms with van der Waals surface area (Å²) in [6, 6.07) is 11.3. The first-order valence-corrected chi connectivity index (χ1v) is 6.73. The van der Waals surface area contributed by atoms with E-state index < -0.39 is 12.0 Å². The summed E-state index contributed by atoms with van der Waals surface area (Å²) in [5, 5.41) is 13.1. The van der Waals surface area contributed by atoms with E-state index in [1.165, 1.54) is 0 Å². The number of carboxylic acid groups (broad SMARTS) is 1. The molecule has 1 atom stereocenters. The van der Waals surface area contributed by atoms with E-state index in [-0.39, 0.29) is 0 Å². The van der Waals surface area contributed by atoms with Crippen LogP contribution in [0.2, 0.25) is 10.0 Å². The minimum absolute atomic E-state index is 0.407. The molecule has 0 spiro atoms. The average molecular weight is 310 g/mol. The molecule has 0 saturated heterocycles. The Labute approximate surface area is 127 Å². The van der Waals surface area contributed by atoms with Crippen molar-refractivity contribution in [1.82, 2.24) is 0 Å². The Hall–Kier alpha value is -1.71. The van der Waals surface area contributed by atoms with Crippen molar-refractivity contribution in [3.63, 3.8) is 0 Å². The number of rotatable bonds is 4. The molecule has 0 fully saturated rings. The number of hydrogen-bond donors (Lipinski definition) is 2. The third-order valence-electron chi connectivity index (χ3n) is 2.83. The molecule has 0 amide bonds. The van der Waals surface area contributed by atoms with Crippen LogP contribution in [0.1, 0.15) is 17.2 Å². The van der Waals surface area contributed by atoms with Crippen molar-refractivity contribution in [3.8, 4) is 0 Å². The van der Waals surface area contributed by atoms with Crippen LogP contribution in [0.15, 0.2) is 42.5 Å². The lowest BCUT2D eigenvalue weighted by Crippen LogP contribution is -2.20. The predicted octanol–water partition coefficient (Wildman–Crippen LogP) is 4.54. The van der Waals surface area contributed by atoms with Crippen LogP contribution < -0.4 is 5.32 Å². The smallest absolute Gasteiger partial charge is 0.330 e. The van der Waals surface area contributed by atoms with Crippen LogP contribution in [0.4, 0.5) is 5.69 Å². The third kappa shape index (κ3) is 3.65. The number of carbonyl (C=O) groups is 1. The van der Waals surface area contributed by atoms with Crippen molar-refractivity contribution in [2.24, 2.45) is 0 Å². The zero-order valence-corrected chi connectivity index (χ0v) is 12.2. The molecule has 104 valence electrons. The molecular weight excluding hydrogens is 297 g/mol. The van der Waals surface area contributed by atoms with Gasteiger partial charge >= 0.3 is 5.97 Å². The molecule has 0 aliphatic rings. The quantitative estimate of drug-likeness (QED) is 0.871. The molecule has 2 N–H and O–H groups in total. The van der Waals surface area contributed by atoms with E-state index >= 15 is 0 Å². The lowest BCUT2D eigenvalue weighted by atomic mass is 10.1. The molecule has 3 nitrogen and oxygen atoms in total. The topological polar surface area (TPSA) is 49.3 Å². The van der Waals surface area contributed by atoms with Gasteiger partial charge in [-0.1, -0.05) is 40.9 Å². The van der Waals surface area contributed by atoms with Gasteiger partial charge in [0.1, 0.15) is 0 Å². The number of aliphatic carboxylic acids is 1. The number of hydrogen-bond acceptors (Lipinski definition) is 2. The van der Waals surface area contributed by atoms with Gasteiger partial charge in [-0.25, -0.2) is 4.79 Å². The molecule has 0 aromatic heterocycles. The minimum atomic E-state index is -0.996. The van der Waals surface area contributed by atoms with Crippen molar-refractivity contribution in [1.29, 1.82) is 0 Å². The summed E-state index contributed by atoms with van der Waals surface area (Å²) in [6.45, 7) is 1.97. The van der Waals surface area contributed by atoms with Crippen molar-refractivity contribution >= 4 is 34.9 Å². The van der Waals surface area contributed by atoms with Crippen molar-refractivity contribution in [2.45, 2.75) is 13.0 Å². The van der Waals surface area contributed by atoms with Gasteiger partial charge in [-0.15, -0.1) is 0 Å². The Morgan fingerprint density at radius 1 is 1.10 bits per heavy atom. The molecule has 0 radical (unpaired) electrons. The summed E-state index contributed by atoms with van der Waals surface area (Å²) in [7, 11) is 0. The molecule has 5 heteroatoms. The molecule has 1 unspecified atom stereocenters. The Morgan fingerprint density at radius 2 is 1.65 bits per heavy atom. The molecular formula is C15H13Cl2NO2. The van der Waals surface area contributed by atoms with Crippen molar-refractivity contribution in [2.75, 3.05) is 5.32 Å². The van der Waals surface area contributed by atoms with Crippen LogP contribution in [0.3, 0.4) is 0 Å². The lowest BCUT2D eigenvalue weighted by molar-refractivity contribution is -0.138. The van der Waals surface area contributed by atoms with Gasteiger partial charge in [0.05, 0.1) is 0 Å². The van der Waals surface area contributed by atoms with Gasteiger partial charge in [-0.05, 0) is 42.8 Å². The van der Waals surface area contributed by atoms with E-state index in [0.29, 0.717) is 15.6 Å². The molecule has 2 aromatic carbocycles. The molecule has 0 aliphatic carbocycles. The Balaban J connectivity index is 2.31. The normalized spacial score (nSPS) is 11.9. The molecule has 0 bridgehead atoms. The van der Waals surface area contributed by atoms with Crippen LogP contribution in [-0.2, 0) is 4.79 Å². The van der Waals surface area contributed by atoms with Gasteiger partial charge in [0.2, 0.25) is 0 Å². The summed E-state index contributed by atoms with van der Waals surface area (Å²) >= 11 is 11.8. The van der Waals surface area contributed by atoms with Gasteiger partial charge in [0.15, 0.2) is 6.04 Å². The third-order valence-corrected chi connectivity index (χ3v) is 3.26. The molecule has 0 saturated carbocycles. The van der Waals surface area contributed by atoms with E-state index in [4.69, 9.17) is 23.2 Å². The van der Waals surface area contributed by atoms with E-state index in [1.807, 2.05) is 31.2 Å². The summed E-state index contributed by atoms with van der Waals surface area (Å²) in [5.74, 6) is -0.996. The summed E-state index contributed by atoms with van der Waals surface area (Å²) in [5.41, 5.74) is 2.34. The highest BCUT2D eigenvalue weighted by Crippen LogP contribution is 2.26. The number of halogens is 2. The van der Waals surface area contributed by atoms with Gasteiger partial charge < -0.3 is 10.4 Å². The van der Waals surface area contributed by atoms with Crippen molar-refractivity contribution < 1.29 is 9.90 Å². The predicted molar refractivity (Wildman–Crippen MR) is 81.6 cm³/mol. The fourth-order valence-corrected chi connectivity index (χ4v) is 2.39. The summed E-state index contributed by atoms with van der Waals surface area (Å²) in [6.07, 6.45) is 0. The molecule has 0 heterocycles. The second-order valence-corrected chi connectivity index (χ2v) is 5.36. The average Bonchev–Trinajstić information content (AvgIpc) is 2.36. The van der Waals surface area contributed by atoms with Gasteiger partial charge in [-0.3, -0.25) is 0 Å². The maximum atomic E-state index is 11.4. The first-order chi connectivity index (χ1) is 9.45. The SMILES string of the molecule is Cc1ccc(NC(C(=O)O)c2cc(Cl)cc(Cl)c2)cc1. The molecule has 20 heavy (non-hydrogen) atoms. The number of nitrogens with one attached hydrogen (secondary N) is 1. The highest BCUT2D eigenvalue weighted by atomic mass is 35.5. The van der Waals surface area contributed by atoms with Crippen LogP contribution in [0, 0.1) is 6.92 Å². The number of anilines is 1. The van der Waals surface area contributed by atoms with E-state index in [2.05, 4.69) is 5.32 Å². The fraction of sp³-hybridized carbons (Fsp3) is 0.133. The van der Waals surface area contributed by atoms with Gasteiger partial charge in [-0.2, -0.15) is 0 Å². The first-order valence-electron chi connectivity index (χ1n) is 5.98. The molecule has 2 rings (SSSR count). The molecule has 0 aliphatic heterocycles. The van der Waals surface area contributed by atoms with Crippen molar-refractivity contribution in [3.05, 3.63) is 63.6 Å². The summed E-state index contributed by atoms with van der Waals surface area (Å²) in [4.78, 5) is 11.4. The van der Waals surface area contributed by atoms with Crippen LogP contribution in [0.5, 0.6) is 0 Å². The zero-order chi connectivity index (χ0) is 14.7. The van der Waals surface area contributed by atoms with Crippen LogP contribution in [-0.4, -0.2) is 11.1 Å². The Bertz CT molecular complexity index is 606. The highest BCUT2D eigenvalue weighted by molar-refractivity contribution is 6.34. The van der Waals surface area contributed by atoms with Crippen LogP contribution in [0.25, 0.3) is 0 Å². The van der Waals surface area contributed by atoms with Gasteiger partial charge in [0, 0.05) is 15.7 Å². The first kappa shape index (κ1) is 14.7. The number of aryl methyl sites for hydroxylation is 1. The maximum absolute atomic E-state index is 11.4. The van der Waals surface area contributed by atoms with Gasteiger partial charge in [0.25, 0.3) is 0 Å². The highest BCUT2D eigenvalue weighted by Gasteiger charge is 2.20. The maximum Gasteiger partial charge on any atom is 0.330 e. The second kappa shape index (κ2) is 6.16. The minimum Gasteiger partial charge on any atom is -0.479 e. The van der Waals surface area contributed by atoms with E-state index in [1.54, 1.807) is 18.2 Å². The number of benzene rings is 2. The zero-order valence-electron chi connectivity index (χ0n) is 10.7. The monoisotopic (exact) mass is 309 g/mol. The van der Waals surface area contributed by atoms with Crippen LogP contribution >= 0.6 is 23.2 Å². The Kier molecular flexibility index (Phi) is 4.53. The van der Waals surface area contributed by atoms with E-state index in [0.717, 1.165) is 11.3 Å². The summed E-state index contributed by atoms with van der Waals surface area (Å²) < 4.78 is 0. The van der Waals surface area contributed by atoms with E-state index in [9.17, 15) is 9.90 Å². The second-order valence-electron chi connectivity index (χ2n) is 4.48. The fourth-order valence-electron chi connectivity index (χ4n) is 1.85.